The Balaban J connectivity index is 2.00. The van der Waals surface area contributed by atoms with E-state index in [2.05, 4.69) is 4.99 Å². The summed E-state index contributed by atoms with van der Waals surface area (Å²) in [5.41, 5.74) is 1.98. The molecule has 0 heterocycles. The number of rotatable bonds is 5. The van der Waals surface area contributed by atoms with Crippen LogP contribution < -0.4 is 0 Å². The van der Waals surface area contributed by atoms with Crippen molar-refractivity contribution in [3.05, 3.63) is 59.4 Å². The third-order valence-corrected chi connectivity index (χ3v) is 4.93. The molecule has 0 spiro atoms. The van der Waals surface area contributed by atoms with E-state index >= 15 is 0 Å². The van der Waals surface area contributed by atoms with Gasteiger partial charge in [-0.2, -0.15) is 0 Å². The number of aliphatic imine (C=N–C) groups is 1. The SMILES string of the molecule is CCC(CO)N=C1CCCC(=O)/C1=C(\O)Cc1cccc2ccccc12. The van der Waals surface area contributed by atoms with E-state index in [0.717, 1.165) is 22.8 Å². The normalized spacial score (nSPS) is 19.8. The molecule has 0 radical (unpaired) electrons. The molecule has 3 rings (SSSR count). The first-order chi connectivity index (χ1) is 12.6. The lowest BCUT2D eigenvalue weighted by molar-refractivity contribution is -0.115. The van der Waals surface area contributed by atoms with Crippen LogP contribution in [0.15, 0.2) is 58.8 Å². The highest BCUT2D eigenvalue weighted by Gasteiger charge is 2.26. The van der Waals surface area contributed by atoms with Crippen molar-refractivity contribution in [2.75, 3.05) is 6.61 Å². The number of carbonyl (C=O) groups excluding carboxylic acids is 1. The van der Waals surface area contributed by atoms with E-state index in [1.807, 2.05) is 49.4 Å². The van der Waals surface area contributed by atoms with Gasteiger partial charge in [0.1, 0.15) is 5.76 Å². The van der Waals surface area contributed by atoms with Crippen LogP contribution in [0.5, 0.6) is 0 Å². The fourth-order valence-corrected chi connectivity index (χ4v) is 3.48. The third-order valence-electron chi connectivity index (χ3n) is 4.93. The standard InChI is InChI=1S/C22H25NO3/c1-2-17(14-24)23-19-11-6-12-20(25)22(19)21(26)13-16-9-5-8-15-7-3-4-10-18(15)16/h3-5,7-10,17,24,26H,2,6,11-14H2,1H3/b22-21-,23-19?. The molecule has 1 aliphatic rings. The summed E-state index contributed by atoms with van der Waals surface area (Å²) >= 11 is 0. The van der Waals surface area contributed by atoms with Gasteiger partial charge in [0, 0.05) is 18.6 Å². The van der Waals surface area contributed by atoms with Gasteiger partial charge < -0.3 is 10.2 Å². The summed E-state index contributed by atoms with van der Waals surface area (Å²) in [5.74, 6) is 0.0260. The Morgan fingerprint density at radius 1 is 1.15 bits per heavy atom. The van der Waals surface area contributed by atoms with Gasteiger partial charge in [-0.1, -0.05) is 49.4 Å². The predicted molar refractivity (Wildman–Crippen MR) is 105 cm³/mol. The van der Waals surface area contributed by atoms with Crippen LogP contribution in [-0.4, -0.2) is 34.4 Å². The molecule has 1 atom stereocenters. The maximum absolute atomic E-state index is 12.5. The van der Waals surface area contributed by atoms with Crippen LogP contribution in [-0.2, 0) is 11.2 Å². The Kier molecular flexibility index (Phi) is 5.84. The highest BCUT2D eigenvalue weighted by Crippen LogP contribution is 2.26. The summed E-state index contributed by atoms with van der Waals surface area (Å²) in [4.78, 5) is 17.1. The van der Waals surface area contributed by atoms with Gasteiger partial charge in [0.25, 0.3) is 0 Å². The van der Waals surface area contributed by atoms with Crippen LogP contribution in [0.25, 0.3) is 10.8 Å². The summed E-state index contributed by atoms with van der Waals surface area (Å²) < 4.78 is 0. The van der Waals surface area contributed by atoms with Crippen LogP contribution >= 0.6 is 0 Å². The fourth-order valence-electron chi connectivity index (χ4n) is 3.48. The summed E-state index contributed by atoms with van der Waals surface area (Å²) in [6.45, 7) is 1.90. The monoisotopic (exact) mass is 351 g/mol. The molecular formula is C22H25NO3. The molecule has 26 heavy (non-hydrogen) atoms. The number of aliphatic hydroxyl groups is 2. The molecule has 1 fully saturated rings. The number of fused-ring (bicyclic) bond motifs is 1. The molecule has 2 N–H and O–H groups in total. The summed E-state index contributed by atoms with van der Waals surface area (Å²) in [5, 5.41) is 22.4. The lowest BCUT2D eigenvalue weighted by Gasteiger charge is -2.20. The van der Waals surface area contributed by atoms with Crippen molar-refractivity contribution in [3.63, 3.8) is 0 Å². The van der Waals surface area contributed by atoms with Gasteiger partial charge in [-0.25, -0.2) is 0 Å². The highest BCUT2D eigenvalue weighted by molar-refractivity contribution is 6.24. The largest absolute Gasteiger partial charge is 0.511 e. The van der Waals surface area contributed by atoms with Gasteiger partial charge >= 0.3 is 0 Å². The van der Waals surface area contributed by atoms with Crippen molar-refractivity contribution in [2.24, 2.45) is 4.99 Å². The number of nitrogens with zero attached hydrogens (tertiary/aromatic N) is 1. The van der Waals surface area contributed by atoms with Crippen molar-refractivity contribution in [1.29, 1.82) is 0 Å². The third kappa shape index (κ3) is 3.86. The summed E-state index contributed by atoms with van der Waals surface area (Å²) in [7, 11) is 0. The Labute approximate surface area is 153 Å². The average Bonchev–Trinajstić information content (AvgIpc) is 2.66. The Bertz CT molecular complexity index is 857. The number of aliphatic hydroxyl groups excluding tert-OH is 2. The zero-order chi connectivity index (χ0) is 18.5. The van der Waals surface area contributed by atoms with Crippen LogP contribution in [0, 0.1) is 0 Å². The van der Waals surface area contributed by atoms with Crippen LogP contribution in [0.2, 0.25) is 0 Å². The molecule has 1 unspecified atom stereocenters. The van der Waals surface area contributed by atoms with E-state index in [-0.39, 0.29) is 24.2 Å². The summed E-state index contributed by atoms with van der Waals surface area (Å²) in [6, 6.07) is 13.8. The molecule has 1 saturated carbocycles. The van der Waals surface area contributed by atoms with E-state index in [9.17, 15) is 15.0 Å². The zero-order valence-electron chi connectivity index (χ0n) is 15.1. The first-order valence-corrected chi connectivity index (χ1v) is 9.23. The highest BCUT2D eigenvalue weighted by atomic mass is 16.3. The van der Waals surface area contributed by atoms with Gasteiger partial charge in [-0.05, 0) is 35.6 Å². The molecule has 4 nitrogen and oxygen atoms in total. The first kappa shape index (κ1) is 18.3. The van der Waals surface area contributed by atoms with Crippen molar-refractivity contribution in [1.82, 2.24) is 0 Å². The number of hydrogen-bond acceptors (Lipinski definition) is 4. The number of carbonyl (C=O) groups is 1. The minimum Gasteiger partial charge on any atom is -0.511 e. The topological polar surface area (TPSA) is 69.9 Å². The number of benzene rings is 2. The van der Waals surface area contributed by atoms with E-state index in [0.29, 0.717) is 37.0 Å². The molecular weight excluding hydrogens is 326 g/mol. The van der Waals surface area contributed by atoms with E-state index in [1.165, 1.54) is 0 Å². The predicted octanol–water partition coefficient (Wildman–Crippen LogP) is 4.16. The number of allylic oxidation sites excluding steroid dienone is 2. The molecule has 0 bridgehead atoms. The Morgan fingerprint density at radius 3 is 2.69 bits per heavy atom. The van der Waals surface area contributed by atoms with E-state index in [4.69, 9.17) is 0 Å². The fraction of sp³-hybridized carbons (Fsp3) is 0.364. The minimum absolute atomic E-state index is 0.0500. The number of ketones is 1. The van der Waals surface area contributed by atoms with Crippen LogP contribution in [0.3, 0.4) is 0 Å². The average molecular weight is 351 g/mol. The van der Waals surface area contributed by atoms with Crippen LogP contribution in [0.1, 0.15) is 38.2 Å². The van der Waals surface area contributed by atoms with Crippen molar-refractivity contribution in [2.45, 2.75) is 45.1 Å². The van der Waals surface area contributed by atoms with Gasteiger partial charge in [0.15, 0.2) is 5.78 Å². The molecule has 2 aromatic rings. The Morgan fingerprint density at radius 2 is 1.92 bits per heavy atom. The molecule has 0 aromatic heterocycles. The Hall–Kier alpha value is -2.46. The van der Waals surface area contributed by atoms with Crippen LogP contribution in [0.4, 0.5) is 0 Å². The van der Waals surface area contributed by atoms with E-state index < -0.39 is 0 Å². The number of Topliss-reactive ketones (excluding diaryl/α,β-unsaturated/α-hetero) is 1. The second-order valence-electron chi connectivity index (χ2n) is 6.73. The van der Waals surface area contributed by atoms with E-state index in [1.54, 1.807) is 0 Å². The van der Waals surface area contributed by atoms with Crippen molar-refractivity contribution in [3.8, 4) is 0 Å². The molecule has 0 saturated heterocycles. The second-order valence-corrected chi connectivity index (χ2v) is 6.73. The molecule has 1 aliphatic carbocycles. The molecule has 136 valence electrons. The van der Waals surface area contributed by atoms with Crippen molar-refractivity contribution >= 4 is 22.3 Å². The number of hydrogen-bond donors (Lipinski definition) is 2. The maximum Gasteiger partial charge on any atom is 0.168 e. The molecule has 2 aromatic carbocycles. The maximum atomic E-state index is 12.5. The van der Waals surface area contributed by atoms with Gasteiger partial charge in [0.2, 0.25) is 0 Å². The lowest BCUT2D eigenvalue weighted by atomic mass is 9.88. The minimum atomic E-state index is -0.226. The summed E-state index contributed by atoms with van der Waals surface area (Å²) in [6.07, 6.45) is 2.84. The lowest BCUT2D eigenvalue weighted by Crippen LogP contribution is -2.24. The van der Waals surface area contributed by atoms with Gasteiger partial charge in [-0.3, -0.25) is 9.79 Å². The van der Waals surface area contributed by atoms with Crippen molar-refractivity contribution < 1.29 is 15.0 Å². The second kappa shape index (κ2) is 8.28. The van der Waals surface area contributed by atoms with Gasteiger partial charge in [-0.15, -0.1) is 0 Å². The first-order valence-electron chi connectivity index (χ1n) is 9.23. The molecule has 4 heteroatoms. The van der Waals surface area contributed by atoms with Gasteiger partial charge in [0.05, 0.1) is 18.2 Å². The zero-order valence-corrected chi connectivity index (χ0v) is 15.1. The smallest absolute Gasteiger partial charge is 0.168 e. The quantitative estimate of drug-likeness (QED) is 0.628. The molecule has 0 aliphatic heterocycles. The molecule has 0 amide bonds.